The third kappa shape index (κ3) is 5.54. The molecule has 0 aliphatic carbocycles. The highest BCUT2D eigenvalue weighted by Crippen LogP contribution is 2.30. The molecule has 6 rings (SSSR count). The van der Waals surface area contributed by atoms with E-state index in [1.165, 1.54) is 6.07 Å². The van der Waals surface area contributed by atoms with Crippen molar-refractivity contribution in [2.75, 3.05) is 62.0 Å². The summed E-state index contributed by atoms with van der Waals surface area (Å²) >= 11 is 0. The van der Waals surface area contributed by atoms with Crippen LogP contribution in [0.2, 0.25) is 0 Å². The molecule has 5 aromatic rings. The average Bonchev–Trinajstić information content (AvgIpc) is 3.68. The van der Waals surface area contributed by atoms with Crippen LogP contribution in [0.25, 0.3) is 28.0 Å². The summed E-state index contributed by atoms with van der Waals surface area (Å²) < 4.78 is 65.7. The van der Waals surface area contributed by atoms with Crippen molar-refractivity contribution < 1.29 is 26.4 Å². The summed E-state index contributed by atoms with van der Waals surface area (Å²) in [4.78, 5) is 8.59. The first-order chi connectivity index (χ1) is 19.7. The number of anilines is 2. The average molecular weight is 587 g/mol. The molecule has 41 heavy (non-hydrogen) atoms. The third-order valence-corrected chi connectivity index (χ3v) is 7.97. The van der Waals surface area contributed by atoms with Crippen molar-refractivity contribution >= 4 is 38.0 Å². The topological polar surface area (TPSA) is 137 Å². The predicted molar refractivity (Wildman–Crippen MR) is 149 cm³/mol. The number of nitrogens with two attached hydrogens (primary N) is 1. The number of fused-ring (bicyclic) bond motifs is 3. The van der Waals surface area contributed by atoms with Gasteiger partial charge in [0.25, 0.3) is 0 Å². The molecule has 0 radical (unpaired) electrons. The van der Waals surface area contributed by atoms with Crippen LogP contribution in [-0.4, -0.2) is 89.0 Å². The molecule has 1 aliphatic heterocycles. The van der Waals surface area contributed by atoms with E-state index >= 15 is 0 Å². The quantitative estimate of drug-likeness (QED) is 0.274. The lowest BCUT2D eigenvalue weighted by Crippen LogP contribution is -2.47. The van der Waals surface area contributed by atoms with Crippen molar-refractivity contribution in [3.8, 4) is 17.2 Å². The number of ether oxygens (including phenoxy) is 1. The number of benzene rings is 1. The van der Waals surface area contributed by atoms with Gasteiger partial charge in [-0.2, -0.15) is 19.7 Å². The Morgan fingerprint density at radius 2 is 1.90 bits per heavy atom. The molecule has 0 atom stereocenters. The molecule has 1 saturated heterocycles. The van der Waals surface area contributed by atoms with E-state index in [0.717, 1.165) is 23.2 Å². The molecule has 1 fully saturated rings. The number of nitrogen functional groups attached to an aromatic ring is 1. The molecule has 0 spiro atoms. The summed E-state index contributed by atoms with van der Waals surface area (Å²) in [5.74, 6) is -1.13. The molecule has 1 aromatic carbocycles. The molecule has 5 heterocycles. The molecule has 0 saturated carbocycles. The van der Waals surface area contributed by atoms with Crippen molar-refractivity contribution in [3.63, 3.8) is 0 Å². The molecule has 2 N–H and O–H groups in total. The van der Waals surface area contributed by atoms with Crippen molar-refractivity contribution in [3.05, 3.63) is 54.4 Å². The van der Waals surface area contributed by atoms with Gasteiger partial charge < -0.3 is 19.8 Å². The van der Waals surface area contributed by atoms with E-state index in [0.29, 0.717) is 56.4 Å². The molecule has 15 heteroatoms. The number of rotatable bonds is 9. The van der Waals surface area contributed by atoms with E-state index in [-0.39, 0.29) is 29.7 Å². The van der Waals surface area contributed by atoms with E-state index in [9.17, 15) is 17.2 Å². The van der Waals surface area contributed by atoms with Crippen molar-refractivity contribution in [2.24, 2.45) is 0 Å². The van der Waals surface area contributed by atoms with Crippen LogP contribution in [0.5, 0.6) is 5.75 Å². The number of hydrogen-bond donors (Lipinski definition) is 1. The maximum atomic E-state index is 14.6. The smallest absolute Gasteiger partial charge is 0.223 e. The fourth-order valence-electron chi connectivity index (χ4n) is 4.91. The molecule has 4 aromatic heterocycles. The fraction of sp³-hybridized carbons (Fsp3) is 0.346. The lowest BCUT2D eigenvalue weighted by Gasteiger charge is -2.36. The minimum atomic E-state index is -3.27. The molecule has 0 amide bonds. The van der Waals surface area contributed by atoms with Gasteiger partial charge in [0.15, 0.2) is 32.8 Å². The van der Waals surface area contributed by atoms with E-state index < -0.39 is 21.5 Å². The zero-order valence-corrected chi connectivity index (χ0v) is 23.0. The first-order valence-electron chi connectivity index (χ1n) is 13.0. The molecular weight excluding hydrogens is 558 g/mol. The third-order valence-electron chi connectivity index (χ3n) is 7.06. The number of piperazine rings is 1. The van der Waals surface area contributed by atoms with Gasteiger partial charge in [-0.05, 0) is 18.2 Å². The Morgan fingerprint density at radius 3 is 2.63 bits per heavy atom. The summed E-state index contributed by atoms with van der Waals surface area (Å²) in [6, 6.07) is 7.57. The van der Waals surface area contributed by atoms with E-state index in [2.05, 4.69) is 20.1 Å². The van der Waals surface area contributed by atoms with Gasteiger partial charge in [0.1, 0.15) is 18.1 Å². The Labute approximate surface area is 233 Å². The van der Waals surface area contributed by atoms with Crippen LogP contribution in [0.15, 0.2) is 47.2 Å². The van der Waals surface area contributed by atoms with Crippen LogP contribution >= 0.6 is 0 Å². The second kappa shape index (κ2) is 10.6. The Balaban J connectivity index is 1.11. The van der Waals surface area contributed by atoms with Crippen LogP contribution in [0.1, 0.15) is 0 Å². The van der Waals surface area contributed by atoms with E-state index in [1.807, 2.05) is 17.0 Å². The second-order valence-corrected chi connectivity index (χ2v) is 12.2. The molecule has 1 aliphatic rings. The molecular formula is C26H28F2N8O4S. The zero-order valence-electron chi connectivity index (χ0n) is 22.2. The number of sulfone groups is 1. The van der Waals surface area contributed by atoms with Crippen LogP contribution in [0.4, 0.5) is 20.4 Å². The Morgan fingerprint density at radius 1 is 1.10 bits per heavy atom. The van der Waals surface area contributed by atoms with Crippen LogP contribution in [0.3, 0.4) is 0 Å². The Bertz CT molecular complexity index is 1810. The number of furan rings is 1. The van der Waals surface area contributed by atoms with Gasteiger partial charge in [-0.25, -0.2) is 21.9 Å². The molecule has 0 unspecified atom stereocenters. The summed E-state index contributed by atoms with van der Waals surface area (Å²) in [5, 5.41) is 9.86. The molecule has 12 nitrogen and oxygen atoms in total. The second-order valence-electron chi connectivity index (χ2n) is 9.92. The maximum Gasteiger partial charge on any atom is 0.223 e. The number of nitrogens with zero attached hydrogens (tertiary/aromatic N) is 7. The van der Waals surface area contributed by atoms with Crippen LogP contribution in [0, 0.1) is 11.6 Å². The minimum Gasteiger partial charge on any atom is -0.489 e. The highest BCUT2D eigenvalue weighted by Gasteiger charge is 2.23. The van der Waals surface area contributed by atoms with E-state index in [1.54, 1.807) is 27.7 Å². The Hall–Kier alpha value is -4.24. The normalized spacial score (nSPS) is 14.9. The highest BCUT2D eigenvalue weighted by molar-refractivity contribution is 7.90. The van der Waals surface area contributed by atoms with Gasteiger partial charge >= 0.3 is 0 Å². The number of aromatic nitrogens is 5. The van der Waals surface area contributed by atoms with Crippen molar-refractivity contribution in [1.82, 2.24) is 29.3 Å². The number of hydrogen-bond acceptors (Lipinski definition) is 10. The first kappa shape index (κ1) is 27.0. The van der Waals surface area contributed by atoms with Crippen molar-refractivity contribution in [2.45, 2.75) is 6.54 Å². The summed E-state index contributed by atoms with van der Waals surface area (Å²) in [7, 11) is -3.27. The lowest BCUT2D eigenvalue weighted by molar-refractivity contribution is 0.245. The van der Waals surface area contributed by atoms with Gasteiger partial charge in [0.05, 0.1) is 41.3 Å². The SMILES string of the molecule is CS(=O)(=O)CCOc1cc(N2CCN(CCn3ncc4c3nc(N)n3nc(-c5ccco5)cc43)CC2)c(F)cc1F. The Kier molecular flexibility index (Phi) is 6.99. The van der Waals surface area contributed by atoms with Gasteiger partial charge in [0.2, 0.25) is 5.95 Å². The standard InChI is InChI=1S/C26H28F2N8O4S/c1-41(37,38)12-11-40-24-15-22(18(27)13-19(24)28)34-7-4-33(5-8-34)6-9-35-25-17(16-30-35)21-14-20(23-3-2-10-39-23)32-36(21)26(29)31-25/h2-3,10,13-16H,4-9,11-12H2,1H3,(H2,29,31). The fourth-order valence-corrected chi connectivity index (χ4v) is 5.30. The highest BCUT2D eigenvalue weighted by atomic mass is 32.2. The van der Waals surface area contributed by atoms with Crippen molar-refractivity contribution in [1.29, 1.82) is 0 Å². The van der Waals surface area contributed by atoms with Gasteiger partial charge in [-0.15, -0.1) is 0 Å². The first-order valence-corrected chi connectivity index (χ1v) is 15.0. The summed E-state index contributed by atoms with van der Waals surface area (Å²) in [6.07, 6.45) is 4.40. The van der Waals surface area contributed by atoms with Gasteiger partial charge in [0, 0.05) is 51.1 Å². The zero-order chi connectivity index (χ0) is 28.7. The van der Waals surface area contributed by atoms with Crippen LogP contribution < -0.4 is 15.4 Å². The summed E-state index contributed by atoms with van der Waals surface area (Å²) in [6.45, 7) is 3.36. The van der Waals surface area contributed by atoms with Gasteiger partial charge in [-0.1, -0.05) is 0 Å². The maximum absolute atomic E-state index is 14.6. The minimum absolute atomic E-state index is 0.173. The summed E-state index contributed by atoms with van der Waals surface area (Å²) in [5.41, 5.74) is 8.51. The lowest BCUT2D eigenvalue weighted by atomic mass is 10.2. The number of halogens is 2. The molecule has 0 bridgehead atoms. The molecule has 216 valence electrons. The predicted octanol–water partition coefficient (Wildman–Crippen LogP) is 2.45. The van der Waals surface area contributed by atoms with Crippen LogP contribution in [-0.2, 0) is 16.4 Å². The van der Waals surface area contributed by atoms with Gasteiger partial charge in [-0.3, -0.25) is 4.90 Å². The van der Waals surface area contributed by atoms with E-state index in [4.69, 9.17) is 14.9 Å². The monoisotopic (exact) mass is 586 g/mol. The largest absolute Gasteiger partial charge is 0.489 e.